The van der Waals surface area contributed by atoms with Crippen LogP contribution in [0.4, 0.5) is 0 Å². The molecule has 2 aliphatic rings. The topological polar surface area (TPSA) is 52.8 Å². The van der Waals surface area contributed by atoms with Gasteiger partial charge in [-0.1, -0.05) is 6.42 Å². The van der Waals surface area contributed by atoms with Crippen molar-refractivity contribution in [3.05, 3.63) is 12.7 Å². The standard InChI is InChI=1S/C13H16N4O/c1-18-13-11-12(14-6-15-13)17(7-16-11)10-5-8-2-3-9(10)4-8/h6-10H,2-5H2,1H3/t8-,9+,10+/m0/s1. The molecule has 94 valence electrons. The zero-order valence-electron chi connectivity index (χ0n) is 10.4. The summed E-state index contributed by atoms with van der Waals surface area (Å²) in [5, 5.41) is 0. The molecule has 0 radical (unpaired) electrons. The Labute approximate surface area is 105 Å². The van der Waals surface area contributed by atoms with Crippen molar-refractivity contribution in [2.45, 2.75) is 31.7 Å². The van der Waals surface area contributed by atoms with Crippen LogP contribution in [0.1, 0.15) is 31.7 Å². The van der Waals surface area contributed by atoms with Crippen LogP contribution in [0.15, 0.2) is 12.7 Å². The van der Waals surface area contributed by atoms with Gasteiger partial charge in [0.2, 0.25) is 5.88 Å². The lowest BCUT2D eigenvalue weighted by Crippen LogP contribution is -2.15. The Hall–Kier alpha value is -1.65. The van der Waals surface area contributed by atoms with Gasteiger partial charge in [0, 0.05) is 6.04 Å². The monoisotopic (exact) mass is 244 g/mol. The van der Waals surface area contributed by atoms with E-state index < -0.39 is 0 Å². The van der Waals surface area contributed by atoms with Crippen LogP contribution in [0.3, 0.4) is 0 Å². The molecule has 0 amide bonds. The third kappa shape index (κ3) is 1.30. The molecule has 0 aliphatic heterocycles. The molecular weight excluding hydrogens is 228 g/mol. The van der Waals surface area contributed by atoms with E-state index in [1.807, 2.05) is 6.33 Å². The number of nitrogens with zero attached hydrogens (tertiary/aromatic N) is 4. The minimum absolute atomic E-state index is 0.571. The first-order chi connectivity index (χ1) is 8.86. The van der Waals surface area contributed by atoms with Crippen LogP contribution in [-0.4, -0.2) is 26.6 Å². The van der Waals surface area contributed by atoms with E-state index in [9.17, 15) is 0 Å². The van der Waals surface area contributed by atoms with Gasteiger partial charge < -0.3 is 9.30 Å². The molecular formula is C13H16N4O. The van der Waals surface area contributed by atoms with Crippen molar-refractivity contribution >= 4 is 11.2 Å². The number of hydrogen-bond acceptors (Lipinski definition) is 4. The maximum atomic E-state index is 5.24. The Balaban J connectivity index is 1.82. The average Bonchev–Trinajstić information content (AvgIpc) is 3.11. The first-order valence-electron chi connectivity index (χ1n) is 6.58. The second-order valence-corrected chi connectivity index (χ2v) is 5.45. The number of methoxy groups -OCH3 is 1. The van der Waals surface area contributed by atoms with E-state index in [0.717, 1.165) is 23.0 Å². The molecule has 2 heterocycles. The van der Waals surface area contributed by atoms with Crippen molar-refractivity contribution < 1.29 is 4.74 Å². The Morgan fingerprint density at radius 3 is 2.89 bits per heavy atom. The first-order valence-corrected chi connectivity index (χ1v) is 6.58. The van der Waals surface area contributed by atoms with Crippen molar-refractivity contribution in [2.75, 3.05) is 7.11 Å². The number of rotatable bonds is 2. The van der Waals surface area contributed by atoms with Crippen LogP contribution < -0.4 is 4.74 Å². The summed E-state index contributed by atoms with van der Waals surface area (Å²) in [5.41, 5.74) is 1.70. The molecule has 2 fully saturated rings. The molecule has 0 unspecified atom stereocenters. The second kappa shape index (κ2) is 3.67. The van der Waals surface area contributed by atoms with Crippen molar-refractivity contribution in [2.24, 2.45) is 11.8 Å². The lowest BCUT2D eigenvalue weighted by molar-refractivity contribution is 0.334. The third-order valence-corrected chi connectivity index (χ3v) is 4.58. The number of imidazole rings is 1. The minimum atomic E-state index is 0.571. The first kappa shape index (κ1) is 10.3. The van der Waals surface area contributed by atoms with E-state index in [4.69, 9.17) is 4.74 Å². The molecule has 18 heavy (non-hydrogen) atoms. The van der Waals surface area contributed by atoms with Crippen LogP contribution in [0.5, 0.6) is 5.88 Å². The number of aromatic nitrogens is 4. The van der Waals surface area contributed by atoms with Crippen LogP contribution in [0, 0.1) is 11.8 Å². The van der Waals surface area contributed by atoms with Gasteiger partial charge in [-0.05, 0) is 31.1 Å². The zero-order valence-corrected chi connectivity index (χ0v) is 10.4. The summed E-state index contributed by atoms with van der Waals surface area (Å²) in [6.45, 7) is 0. The summed E-state index contributed by atoms with van der Waals surface area (Å²) in [6, 6.07) is 0.577. The molecule has 2 aliphatic carbocycles. The molecule has 0 aromatic carbocycles. The predicted octanol–water partition coefficient (Wildman–Crippen LogP) is 2.20. The second-order valence-electron chi connectivity index (χ2n) is 5.45. The predicted molar refractivity (Wildman–Crippen MR) is 66.4 cm³/mol. The highest BCUT2D eigenvalue weighted by atomic mass is 16.5. The molecule has 2 saturated carbocycles. The number of ether oxygens (including phenoxy) is 1. The SMILES string of the molecule is COc1ncnc2c1ncn2[C@@H]1C[C@H]2CC[C@@H]1C2. The minimum Gasteiger partial charge on any atom is -0.479 e. The van der Waals surface area contributed by atoms with E-state index in [2.05, 4.69) is 19.5 Å². The summed E-state index contributed by atoms with van der Waals surface area (Å²) < 4.78 is 7.48. The fourth-order valence-corrected chi connectivity index (χ4v) is 3.77. The van der Waals surface area contributed by atoms with Gasteiger partial charge in [0.25, 0.3) is 0 Å². The number of hydrogen-bond donors (Lipinski definition) is 0. The van der Waals surface area contributed by atoms with Gasteiger partial charge in [-0.25, -0.2) is 9.97 Å². The quantitative estimate of drug-likeness (QED) is 0.812. The Bertz CT molecular complexity index is 594. The average molecular weight is 244 g/mol. The molecule has 2 aromatic heterocycles. The summed E-state index contributed by atoms with van der Waals surface area (Å²) in [7, 11) is 1.62. The van der Waals surface area contributed by atoms with Crippen LogP contribution in [-0.2, 0) is 0 Å². The highest BCUT2D eigenvalue weighted by Crippen LogP contribution is 2.51. The smallest absolute Gasteiger partial charge is 0.245 e. The highest BCUT2D eigenvalue weighted by Gasteiger charge is 2.41. The van der Waals surface area contributed by atoms with E-state index in [-0.39, 0.29) is 0 Å². The van der Waals surface area contributed by atoms with Gasteiger partial charge in [0.05, 0.1) is 13.4 Å². The maximum absolute atomic E-state index is 5.24. The van der Waals surface area contributed by atoms with Crippen molar-refractivity contribution in [3.8, 4) is 5.88 Å². The summed E-state index contributed by atoms with van der Waals surface area (Å²) in [6.07, 6.45) is 8.90. The molecule has 2 bridgehead atoms. The van der Waals surface area contributed by atoms with Crippen LogP contribution in [0.25, 0.3) is 11.2 Å². The van der Waals surface area contributed by atoms with E-state index in [1.165, 1.54) is 25.7 Å². The van der Waals surface area contributed by atoms with Crippen molar-refractivity contribution in [3.63, 3.8) is 0 Å². The van der Waals surface area contributed by atoms with E-state index >= 15 is 0 Å². The Morgan fingerprint density at radius 1 is 1.22 bits per heavy atom. The fourth-order valence-electron chi connectivity index (χ4n) is 3.77. The summed E-state index contributed by atoms with van der Waals surface area (Å²) >= 11 is 0. The molecule has 5 nitrogen and oxygen atoms in total. The zero-order chi connectivity index (χ0) is 12.1. The highest BCUT2D eigenvalue weighted by molar-refractivity contribution is 5.76. The van der Waals surface area contributed by atoms with Gasteiger partial charge in [-0.3, -0.25) is 0 Å². The molecule has 5 heteroatoms. The van der Waals surface area contributed by atoms with Crippen LogP contribution >= 0.6 is 0 Å². The fraction of sp³-hybridized carbons (Fsp3) is 0.615. The van der Waals surface area contributed by atoms with Crippen molar-refractivity contribution in [1.82, 2.24) is 19.5 Å². The van der Waals surface area contributed by atoms with E-state index in [0.29, 0.717) is 11.9 Å². The Morgan fingerprint density at radius 2 is 2.17 bits per heavy atom. The lowest BCUT2D eigenvalue weighted by atomic mass is 9.95. The number of fused-ring (bicyclic) bond motifs is 3. The Kier molecular flexibility index (Phi) is 2.10. The molecule has 2 aromatic rings. The largest absolute Gasteiger partial charge is 0.479 e. The van der Waals surface area contributed by atoms with Gasteiger partial charge >= 0.3 is 0 Å². The lowest BCUT2D eigenvalue weighted by Gasteiger charge is -2.23. The normalized spacial score (nSPS) is 30.2. The maximum Gasteiger partial charge on any atom is 0.245 e. The molecule has 4 rings (SSSR count). The van der Waals surface area contributed by atoms with Crippen LogP contribution in [0.2, 0.25) is 0 Å². The van der Waals surface area contributed by atoms with Gasteiger partial charge in [-0.2, -0.15) is 4.98 Å². The van der Waals surface area contributed by atoms with Gasteiger partial charge in [-0.15, -0.1) is 0 Å². The molecule has 0 saturated heterocycles. The summed E-state index contributed by atoms with van der Waals surface area (Å²) in [4.78, 5) is 12.9. The summed E-state index contributed by atoms with van der Waals surface area (Å²) in [5.74, 6) is 2.30. The third-order valence-electron chi connectivity index (χ3n) is 4.58. The van der Waals surface area contributed by atoms with Crippen molar-refractivity contribution in [1.29, 1.82) is 0 Å². The molecule has 0 N–H and O–H groups in total. The molecule has 3 atom stereocenters. The van der Waals surface area contributed by atoms with Gasteiger partial charge in [0.15, 0.2) is 11.2 Å². The van der Waals surface area contributed by atoms with E-state index in [1.54, 1.807) is 13.4 Å². The molecule has 0 spiro atoms. The van der Waals surface area contributed by atoms with Gasteiger partial charge in [0.1, 0.15) is 6.33 Å².